The molecule has 2 fully saturated rings. The van der Waals surface area contributed by atoms with Crippen LogP contribution >= 0.6 is 0 Å². The van der Waals surface area contributed by atoms with Crippen molar-refractivity contribution in [1.29, 1.82) is 0 Å². The van der Waals surface area contributed by atoms with E-state index in [1.54, 1.807) is 12.1 Å². The summed E-state index contributed by atoms with van der Waals surface area (Å²) < 4.78 is 15.5. The highest BCUT2D eigenvalue weighted by molar-refractivity contribution is 5.91. The summed E-state index contributed by atoms with van der Waals surface area (Å²) in [7, 11) is 0. The van der Waals surface area contributed by atoms with E-state index in [1.807, 2.05) is 37.3 Å². The van der Waals surface area contributed by atoms with Crippen LogP contribution < -0.4 is 4.90 Å². The molecular weight excluding hydrogens is 467 g/mol. The van der Waals surface area contributed by atoms with Gasteiger partial charge in [0.1, 0.15) is 17.5 Å². The van der Waals surface area contributed by atoms with E-state index in [4.69, 9.17) is 15.1 Å². The molecule has 5 rings (SSSR count). The van der Waals surface area contributed by atoms with Crippen LogP contribution in [0.1, 0.15) is 70.8 Å². The first-order valence-electron chi connectivity index (χ1n) is 13.8. The SMILES string of the molecule is Cc1nn(-c2ccc(F)cc2)c2nc(CC3CCCCC3)nc(N3CCCN(C(=O)C(C)(C)C)CC3)c12. The molecule has 198 valence electrons. The lowest BCUT2D eigenvalue weighted by Crippen LogP contribution is -2.41. The average molecular weight is 507 g/mol. The van der Waals surface area contributed by atoms with Crippen LogP contribution in [-0.2, 0) is 11.2 Å². The van der Waals surface area contributed by atoms with Crippen molar-refractivity contribution in [2.24, 2.45) is 11.3 Å². The molecule has 1 saturated heterocycles. The second-order valence-corrected chi connectivity index (χ2v) is 11.7. The monoisotopic (exact) mass is 506 g/mol. The molecule has 0 atom stereocenters. The third-order valence-electron chi connectivity index (χ3n) is 7.72. The molecule has 0 spiro atoms. The first kappa shape index (κ1) is 25.6. The largest absolute Gasteiger partial charge is 0.354 e. The number of benzene rings is 1. The lowest BCUT2D eigenvalue weighted by atomic mass is 9.87. The van der Waals surface area contributed by atoms with Crippen molar-refractivity contribution in [1.82, 2.24) is 24.6 Å². The Morgan fingerprint density at radius 3 is 2.41 bits per heavy atom. The van der Waals surface area contributed by atoms with Gasteiger partial charge in [0.15, 0.2) is 5.65 Å². The zero-order valence-electron chi connectivity index (χ0n) is 22.6. The molecule has 1 aromatic carbocycles. The van der Waals surface area contributed by atoms with Gasteiger partial charge in [0.2, 0.25) is 5.91 Å². The van der Waals surface area contributed by atoms with Crippen molar-refractivity contribution in [3.8, 4) is 5.69 Å². The van der Waals surface area contributed by atoms with E-state index in [9.17, 15) is 9.18 Å². The van der Waals surface area contributed by atoms with Crippen LogP contribution in [0.3, 0.4) is 0 Å². The molecule has 7 nitrogen and oxygen atoms in total. The fourth-order valence-electron chi connectivity index (χ4n) is 5.74. The van der Waals surface area contributed by atoms with E-state index in [1.165, 1.54) is 44.2 Å². The number of rotatable bonds is 4. The third-order valence-corrected chi connectivity index (χ3v) is 7.72. The number of aryl methyl sites for hydroxylation is 1. The van der Waals surface area contributed by atoms with E-state index in [0.29, 0.717) is 12.5 Å². The van der Waals surface area contributed by atoms with Gasteiger partial charge in [0.05, 0.1) is 16.8 Å². The minimum atomic E-state index is -0.391. The minimum Gasteiger partial charge on any atom is -0.354 e. The molecule has 1 aliphatic carbocycles. The Morgan fingerprint density at radius 1 is 0.973 bits per heavy atom. The van der Waals surface area contributed by atoms with Gasteiger partial charge in [-0.1, -0.05) is 52.9 Å². The van der Waals surface area contributed by atoms with Gasteiger partial charge in [-0.2, -0.15) is 5.10 Å². The highest BCUT2D eigenvalue weighted by Gasteiger charge is 2.30. The standard InChI is InChI=1S/C29H39FN6O/c1-20-25-26(34-15-8-16-35(18-17-34)28(37)29(2,3)4)31-24(19-21-9-6-5-7-10-21)32-27(25)36(33-20)23-13-11-22(30)12-14-23/h11-14,21H,5-10,15-19H2,1-4H3. The molecule has 8 heteroatoms. The predicted molar refractivity (Wildman–Crippen MR) is 144 cm³/mol. The van der Waals surface area contributed by atoms with Gasteiger partial charge in [0, 0.05) is 38.0 Å². The number of halogens is 1. The van der Waals surface area contributed by atoms with Crippen molar-refractivity contribution < 1.29 is 9.18 Å². The zero-order valence-corrected chi connectivity index (χ0v) is 22.6. The number of anilines is 1. The normalized spacial score (nSPS) is 17.9. The van der Waals surface area contributed by atoms with Crippen LogP contribution in [0.25, 0.3) is 16.7 Å². The first-order chi connectivity index (χ1) is 17.7. The summed E-state index contributed by atoms with van der Waals surface area (Å²) in [5.41, 5.74) is 2.01. The molecule has 1 amide bonds. The number of aromatic nitrogens is 4. The smallest absolute Gasteiger partial charge is 0.228 e. The van der Waals surface area contributed by atoms with Gasteiger partial charge in [-0.05, 0) is 43.5 Å². The van der Waals surface area contributed by atoms with E-state index in [2.05, 4.69) is 4.90 Å². The summed E-state index contributed by atoms with van der Waals surface area (Å²) in [4.78, 5) is 27.5. The van der Waals surface area contributed by atoms with E-state index < -0.39 is 5.41 Å². The highest BCUT2D eigenvalue weighted by Crippen LogP contribution is 2.32. The lowest BCUT2D eigenvalue weighted by molar-refractivity contribution is -0.139. The number of amides is 1. The van der Waals surface area contributed by atoms with Crippen molar-refractivity contribution in [2.45, 2.75) is 72.6 Å². The highest BCUT2D eigenvalue weighted by atomic mass is 19.1. The molecule has 37 heavy (non-hydrogen) atoms. The van der Waals surface area contributed by atoms with Crippen LogP contribution in [-0.4, -0.2) is 56.7 Å². The molecule has 2 aliphatic rings. The summed E-state index contributed by atoms with van der Waals surface area (Å²) in [6.07, 6.45) is 8.05. The van der Waals surface area contributed by atoms with Crippen LogP contribution in [0.4, 0.5) is 10.2 Å². The summed E-state index contributed by atoms with van der Waals surface area (Å²) in [6.45, 7) is 10.9. The maximum Gasteiger partial charge on any atom is 0.228 e. The molecule has 3 aromatic rings. The molecular formula is C29H39FN6O. The number of fused-ring (bicyclic) bond motifs is 1. The van der Waals surface area contributed by atoms with E-state index in [-0.39, 0.29) is 11.7 Å². The number of hydrogen-bond donors (Lipinski definition) is 0. The average Bonchev–Trinajstić information content (AvgIpc) is 3.04. The van der Waals surface area contributed by atoms with Crippen LogP contribution in [0.15, 0.2) is 24.3 Å². The predicted octanol–water partition coefficient (Wildman–Crippen LogP) is 5.47. The number of hydrogen-bond acceptors (Lipinski definition) is 5. The zero-order chi connectivity index (χ0) is 26.2. The fourth-order valence-corrected chi connectivity index (χ4v) is 5.74. The van der Waals surface area contributed by atoms with Gasteiger partial charge < -0.3 is 9.80 Å². The summed E-state index contributed by atoms with van der Waals surface area (Å²) >= 11 is 0. The van der Waals surface area contributed by atoms with Gasteiger partial charge in [0.25, 0.3) is 0 Å². The number of nitrogens with zero attached hydrogens (tertiary/aromatic N) is 6. The topological polar surface area (TPSA) is 67.2 Å². The quantitative estimate of drug-likeness (QED) is 0.469. The van der Waals surface area contributed by atoms with Crippen molar-refractivity contribution in [3.63, 3.8) is 0 Å². The Bertz CT molecular complexity index is 1260. The first-order valence-corrected chi connectivity index (χ1v) is 13.8. The molecule has 3 heterocycles. The molecule has 2 aromatic heterocycles. The minimum absolute atomic E-state index is 0.195. The van der Waals surface area contributed by atoms with Crippen molar-refractivity contribution in [3.05, 3.63) is 41.6 Å². The molecule has 0 radical (unpaired) electrons. The summed E-state index contributed by atoms with van der Waals surface area (Å²) in [5.74, 6) is 2.28. The van der Waals surface area contributed by atoms with Gasteiger partial charge in [-0.15, -0.1) is 0 Å². The molecule has 1 aliphatic heterocycles. The van der Waals surface area contributed by atoms with Crippen LogP contribution in [0.5, 0.6) is 0 Å². The maximum absolute atomic E-state index is 13.7. The fraction of sp³-hybridized carbons (Fsp3) is 0.586. The molecule has 0 unspecified atom stereocenters. The summed E-state index contributed by atoms with van der Waals surface area (Å²) in [6, 6.07) is 6.40. The van der Waals surface area contributed by atoms with Gasteiger partial charge in [-0.3, -0.25) is 4.79 Å². The second kappa shape index (κ2) is 10.4. The second-order valence-electron chi connectivity index (χ2n) is 11.7. The Morgan fingerprint density at radius 2 is 1.70 bits per heavy atom. The van der Waals surface area contributed by atoms with Gasteiger partial charge in [-0.25, -0.2) is 19.0 Å². The van der Waals surface area contributed by atoms with Gasteiger partial charge >= 0.3 is 0 Å². The van der Waals surface area contributed by atoms with E-state index in [0.717, 1.165) is 66.5 Å². The lowest BCUT2D eigenvalue weighted by Gasteiger charge is -2.28. The summed E-state index contributed by atoms with van der Waals surface area (Å²) in [5, 5.41) is 5.77. The third kappa shape index (κ3) is 5.48. The van der Waals surface area contributed by atoms with Crippen LogP contribution in [0.2, 0.25) is 0 Å². The molecule has 1 saturated carbocycles. The Balaban J connectivity index is 1.54. The Labute approximate surface area is 219 Å². The van der Waals surface area contributed by atoms with Crippen molar-refractivity contribution >= 4 is 22.8 Å². The molecule has 0 N–H and O–H groups in total. The number of carbonyl (C=O) groups excluding carboxylic acids is 1. The maximum atomic E-state index is 13.7. The van der Waals surface area contributed by atoms with Crippen LogP contribution in [0, 0.1) is 24.1 Å². The number of carbonyl (C=O) groups is 1. The Hall–Kier alpha value is -3.03. The molecule has 0 bridgehead atoms. The van der Waals surface area contributed by atoms with E-state index >= 15 is 0 Å². The van der Waals surface area contributed by atoms with Crippen molar-refractivity contribution in [2.75, 3.05) is 31.1 Å². The Kier molecular flexibility index (Phi) is 7.19.